The van der Waals surface area contributed by atoms with E-state index in [0.29, 0.717) is 5.37 Å². The number of hydrogen-bond acceptors (Lipinski definition) is 2. The molecule has 2 unspecified atom stereocenters. The van der Waals surface area contributed by atoms with Crippen molar-refractivity contribution in [1.29, 1.82) is 0 Å². The third kappa shape index (κ3) is 3.26. The lowest BCUT2D eigenvalue weighted by molar-refractivity contribution is 0.586. The van der Waals surface area contributed by atoms with E-state index in [2.05, 4.69) is 57.3 Å². The minimum absolute atomic E-state index is 0.249. The molecule has 1 saturated heterocycles. The Balaban J connectivity index is 2.12. The van der Waals surface area contributed by atoms with E-state index in [9.17, 15) is 0 Å². The van der Waals surface area contributed by atoms with E-state index >= 15 is 0 Å². The Bertz CT molecular complexity index is 364. The van der Waals surface area contributed by atoms with Gasteiger partial charge in [0.15, 0.2) is 0 Å². The fourth-order valence-corrected chi connectivity index (χ4v) is 3.37. The van der Waals surface area contributed by atoms with Crippen LogP contribution in [0.3, 0.4) is 0 Å². The monoisotopic (exact) mass is 249 g/mol. The summed E-state index contributed by atoms with van der Waals surface area (Å²) in [5, 5.41) is 4.83. The molecular weight excluding hydrogens is 226 g/mol. The zero-order valence-corrected chi connectivity index (χ0v) is 12.1. The van der Waals surface area contributed by atoms with E-state index in [-0.39, 0.29) is 5.41 Å². The first-order chi connectivity index (χ1) is 7.97. The normalized spacial score (nSPS) is 25.9. The van der Waals surface area contributed by atoms with Gasteiger partial charge < -0.3 is 5.32 Å². The fourth-order valence-electron chi connectivity index (χ4n) is 2.12. The summed E-state index contributed by atoms with van der Waals surface area (Å²) in [6.45, 7) is 10.2. The smallest absolute Gasteiger partial charge is 0.0792 e. The zero-order chi connectivity index (χ0) is 12.5. The van der Waals surface area contributed by atoms with Crippen LogP contribution in [-0.2, 0) is 5.41 Å². The van der Waals surface area contributed by atoms with Gasteiger partial charge in [0.1, 0.15) is 0 Å². The van der Waals surface area contributed by atoms with Crippen LogP contribution >= 0.6 is 11.8 Å². The Hall–Kier alpha value is -0.470. The van der Waals surface area contributed by atoms with Gasteiger partial charge in [-0.05, 0) is 29.5 Å². The number of benzene rings is 1. The Labute approximate surface area is 109 Å². The van der Waals surface area contributed by atoms with Crippen LogP contribution in [0, 0.1) is 0 Å². The molecule has 94 valence electrons. The molecule has 0 bridgehead atoms. The van der Waals surface area contributed by atoms with Gasteiger partial charge in [0.25, 0.3) is 0 Å². The molecule has 2 heteroatoms. The van der Waals surface area contributed by atoms with E-state index < -0.39 is 0 Å². The molecule has 1 N–H and O–H groups in total. The van der Waals surface area contributed by atoms with Crippen LogP contribution in [0.2, 0.25) is 0 Å². The maximum atomic E-state index is 3.59. The molecule has 1 aliphatic heterocycles. The summed E-state index contributed by atoms with van der Waals surface area (Å²) < 4.78 is 0. The van der Waals surface area contributed by atoms with Crippen molar-refractivity contribution in [3.8, 4) is 0 Å². The number of thioether (sulfide) groups is 1. The van der Waals surface area contributed by atoms with Crippen LogP contribution in [0.4, 0.5) is 0 Å². The Morgan fingerprint density at radius 1 is 1.18 bits per heavy atom. The Morgan fingerprint density at radius 3 is 2.35 bits per heavy atom. The molecule has 0 radical (unpaired) electrons. The van der Waals surface area contributed by atoms with E-state index in [4.69, 9.17) is 0 Å². The van der Waals surface area contributed by atoms with Gasteiger partial charge in [-0.2, -0.15) is 0 Å². The van der Waals surface area contributed by atoms with Gasteiger partial charge in [0, 0.05) is 5.25 Å². The SMILES string of the molecule is CC1CCNC(c2ccc(C(C)(C)C)cc2)S1. The Kier molecular flexibility index (Phi) is 3.84. The molecule has 17 heavy (non-hydrogen) atoms. The summed E-state index contributed by atoms with van der Waals surface area (Å²) in [5.41, 5.74) is 3.07. The van der Waals surface area contributed by atoms with Gasteiger partial charge in [-0.3, -0.25) is 0 Å². The maximum absolute atomic E-state index is 3.59. The summed E-state index contributed by atoms with van der Waals surface area (Å²) >= 11 is 2.04. The van der Waals surface area contributed by atoms with Crippen LogP contribution in [0.15, 0.2) is 24.3 Å². The van der Waals surface area contributed by atoms with Gasteiger partial charge in [0.05, 0.1) is 5.37 Å². The standard InChI is InChI=1S/C15H23NS/c1-11-9-10-16-14(17-11)12-5-7-13(8-6-12)15(2,3)4/h5-8,11,14,16H,9-10H2,1-4H3. The first-order valence-electron chi connectivity index (χ1n) is 6.46. The van der Waals surface area contributed by atoms with Crippen LogP contribution in [-0.4, -0.2) is 11.8 Å². The first kappa shape index (κ1) is 13.0. The fraction of sp³-hybridized carbons (Fsp3) is 0.600. The van der Waals surface area contributed by atoms with Crippen molar-refractivity contribution in [2.75, 3.05) is 6.54 Å². The average molecular weight is 249 g/mol. The van der Waals surface area contributed by atoms with Crippen LogP contribution in [0.1, 0.15) is 50.6 Å². The molecule has 1 aliphatic rings. The third-order valence-electron chi connectivity index (χ3n) is 3.33. The summed E-state index contributed by atoms with van der Waals surface area (Å²) in [6, 6.07) is 9.11. The molecule has 1 heterocycles. The van der Waals surface area contributed by atoms with E-state index in [1.165, 1.54) is 17.5 Å². The Morgan fingerprint density at radius 2 is 1.82 bits per heavy atom. The quantitative estimate of drug-likeness (QED) is 0.804. The highest BCUT2D eigenvalue weighted by Crippen LogP contribution is 2.35. The summed E-state index contributed by atoms with van der Waals surface area (Å²) in [7, 11) is 0. The zero-order valence-electron chi connectivity index (χ0n) is 11.3. The highest BCUT2D eigenvalue weighted by atomic mass is 32.2. The van der Waals surface area contributed by atoms with Crippen molar-refractivity contribution in [2.45, 2.75) is 50.2 Å². The molecule has 2 atom stereocenters. The van der Waals surface area contributed by atoms with Crippen LogP contribution < -0.4 is 5.32 Å². The molecular formula is C15H23NS. The number of rotatable bonds is 1. The molecule has 1 aromatic rings. The van der Waals surface area contributed by atoms with Crippen LogP contribution in [0.5, 0.6) is 0 Å². The topological polar surface area (TPSA) is 12.0 Å². The lowest BCUT2D eigenvalue weighted by Crippen LogP contribution is -2.28. The van der Waals surface area contributed by atoms with Gasteiger partial charge in [-0.15, -0.1) is 11.8 Å². The average Bonchev–Trinajstić information content (AvgIpc) is 2.28. The third-order valence-corrected chi connectivity index (χ3v) is 4.74. The molecule has 0 aliphatic carbocycles. The summed E-state index contributed by atoms with van der Waals surface area (Å²) in [6.07, 6.45) is 1.28. The van der Waals surface area contributed by atoms with Crippen molar-refractivity contribution in [3.05, 3.63) is 35.4 Å². The van der Waals surface area contributed by atoms with Crippen molar-refractivity contribution >= 4 is 11.8 Å². The molecule has 0 saturated carbocycles. The predicted molar refractivity (Wildman–Crippen MR) is 77.6 cm³/mol. The van der Waals surface area contributed by atoms with Gasteiger partial charge in [0.2, 0.25) is 0 Å². The maximum Gasteiger partial charge on any atom is 0.0792 e. The van der Waals surface area contributed by atoms with E-state index in [1.54, 1.807) is 0 Å². The minimum Gasteiger partial charge on any atom is -0.302 e. The van der Waals surface area contributed by atoms with Crippen molar-refractivity contribution in [2.24, 2.45) is 0 Å². The molecule has 0 aromatic heterocycles. The highest BCUT2D eigenvalue weighted by molar-refractivity contribution is 8.00. The van der Waals surface area contributed by atoms with Gasteiger partial charge >= 0.3 is 0 Å². The second-order valence-corrected chi connectivity index (χ2v) is 7.49. The molecule has 1 aromatic carbocycles. The van der Waals surface area contributed by atoms with E-state index in [0.717, 1.165) is 11.8 Å². The largest absolute Gasteiger partial charge is 0.302 e. The second-order valence-electron chi connectivity index (χ2n) is 5.94. The molecule has 0 amide bonds. The minimum atomic E-state index is 0.249. The van der Waals surface area contributed by atoms with Crippen molar-refractivity contribution in [1.82, 2.24) is 5.32 Å². The first-order valence-corrected chi connectivity index (χ1v) is 7.40. The van der Waals surface area contributed by atoms with Crippen molar-refractivity contribution < 1.29 is 0 Å². The van der Waals surface area contributed by atoms with Gasteiger partial charge in [-0.25, -0.2) is 0 Å². The van der Waals surface area contributed by atoms with Gasteiger partial charge in [-0.1, -0.05) is 52.0 Å². The van der Waals surface area contributed by atoms with E-state index in [1.807, 2.05) is 11.8 Å². The lowest BCUT2D eigenvalue weighted by Gasteiger charge is -2.28. The molecule has 0 spiro atoms. The molecule has 2 rings (SSSR count). The summed E-state index contributed by atoms with van der Waals surface area (Å²) in [5.74, 6) is 0. The van der Waals surface area contributed by atoms with Crippen LogP contribution in [0.25, 0.3) is 0 Å². The molecule has 1 nitrogen and oxygen atoms in total. The highest BCUT2D eigenvalue weighted by Gasteiger charge is 2.21. The number of nitrogens with one attached hydrogen (secondary N) is 1. The molecule has 1 fully saturated rings. The van der Waals surface area contributed by atoms with Crippen molar-refractivity contribution in [3.63, 3.8) is 0 Å². The lowest BCUT2D eigenvalue weighted by atomic mass is 9.87. The summed E-state index contributed by atoms with van der Waals surface area (Å²) in [4.78, 5) is 0. The predicted octanol–water partition coefficient (Wildman–Crippen LogP) is 4.10. The number of hydrogen-bond donors (Lipinski definition) is 1. The second kappa shape index (κ2) is 5.03.